The van der Waals surface area contributed by atoms with Crippen LogP contribution in [-0.4, -0.2) is 29.7 Å². The first-order valence-corrected chi connectivity index (χ1v) is 5.72. The maximum Gasteiger partial charge on any atom is 0.0595 e. The zero-order valence-corrected chi connectivity index (χ0v) is 9.80. The van der Waals surface area contributed by atoms with Crippen molar-refractivity contribution in [1.29, 1.82) is 0 Å². The van der Waals surface area contributed by atoms with Gasteiger partial charge in [0.05, 0.1) is 10.0 Å². The van der Waals surface area contributed by atoms with Crippen LogP contribution in [-0.2, 0) is 6.54 Å². The molecule has 82 valence electrons. The number of nitrogens with zero attached hydrogens (tertiary/aromatic N) is 1. The molecule has 1 aromatic carbocycles. The fourth-order valence-electron chi connectivity index (χ4n) is 1.82. The van der Waals surface area contributed by atoms with Gasteiger partial charge in [-0.3, -0.25) is 4.90 Å². The second kappa shape index (κ2) is 4.71. The number of hydrogen-bond donors (Lipinski definition) is 1. The molecule has 1 heterocycles. The van der Waals surface area contributed by atoms with Gasteiger partial charge in [-0.1, -0.05) is 29.3 Å². The fraction of sp³-hybridized carbons (Fsp3) is 0.455. The summed E-state index contributed by atoms with van der Waals surface area (Å²) in [5.41, 5.74) is 1.17. The highest BCUT2D eigenvalue weighted by molar-refractivity contribution is 6.42. The predicted molar refractivity (Wildman–Crippen MR) is 62.3 cm³/mol. The fourth-order valence-corrected chi connectivity index (χ4v) is 2.14. The van der Waals surface area contributed by atoms with Crippen molar-refractivity contribution in [3.05, 3.63) is 33.8 Å². The summed E-state index contributed by atoms with van der Waals surface area (Å²) in [4.78, 5) is 2.28. The molecule has 1 N–H and O–H groups in total. The van der Waals surface area contributed by atoms with Gasteiger partial charge < -0.3 is 5.11 Å². The average Bonchev–Trinajstić information content (AvgIpc) is 2.16. The maximum absolute atomic E-state index is 8.89. The summed E-state index contributed by atoms with van der Waals surface area (Å²) in [7, 11) is 0. The Morgan fingerprint density at radius 1 is 1.27 bits per heavy atom. The molecule has 0 radical (unpaired) electrons. The molecule has 0 spiro atoms. The summed E-state index contributed by atoms with van der Waals surface area (Å²) in [5, 5.41) is 10.1. The predicted octanol–water partition coefficient (Wildman–Crippen LogP) is 2.42. The van der Waals surface area contributed by atoms with E-state index in [0.717, 1.165) is 19.6 Å². The Morgan fingerprint density at radius 2 is 2.00 bits per heavy atom. The average molecular weight is 246 g/mol. The van der Waals surface area contributed by atoms with E-state index in [1.165, 1.54) is 5.56 Å². The van der Waals surface area contributed by atoms with Crippen LogP contribution in [0.3, 0.4) is 0 Å². The van der Waals surface area contributed by atoms with Crippen molar-refractivity contribution in [1.82, 2.24) is 4.90 Å². The van der Waals surface area contributed by atoms with Crippen molar-refractivity contribution in [3.8, 4) is 0 Å². The molecule has 1 aliphatic heterocycles. The summed E-state index contributed by atoms with van der Waals surface area (Å²) in [6.07, 6.45) is 0. The van der Waals surface area contributed by atoms with Gasteiger partial charge in [0.15, 0.2) is 0 Å². The molecule has 2 rings (SSSR count). The molecular weight excluding hydrogens is 233 g/mol. The van der Waals surface area contributed by atoms with Gasteiger partial charge in [-0.05, 0) is 17.7 Å². The zero-order valence-electron chi connectivity index (χ0n) is 8.29. The molecule has 1 saturated heterocycles. The zero-order chi connectivity index (χ0) is 10.8. The molecule has 4 heteroatoms. The van der Waals surface area contributed by atoms with Gasteiger partial charge in [0.25, 0.3) is 0 Å². The summed E-state index contributed by atoms with van der Waals surface area (Å²) < 4.78 is 0. The van der Waals surface area contributed by atoms with Gasteiger partial charge in [-0.2, -0.15) is 0 Å². The Labute approximate surface area is 99.4 Å². The van der Waals surface area contributed by atoms with Crippen LogP contribution in [0.15, 0.2) is 18.2 Å². The number of hydrogen-bond acceptors (Lipinski definition) is 2. The minimum Gasteiger partial charge on any atom is -0.396 e. The van der Waals surface area contributed by atoms with Gasteiger partial charge in [-0.15, -0.1) is 0 Å². The van der Waals surface area contributed by atoms with Crippen molar-refractivity contribution < 1.29 is 5.11 Å². The van der Waals surface area contributed by atoms with E-state index in [1.54, 1.807) is 0 Å². The monoisotopic (exact) mass is 245 g/mol. The Bertz CT molecular complexity index is 350. The van der Waals surface area contributed by atoms with E-state index in [2.05, 4.69) is 4.90 Å². The molecule has 0 aliphatic carbocycles. The van der Waals surface area contributed by atoms with Crippen molar-refractivity contribution in [3.63, 3.8) is 0 Å². The van der Waals surface area contributed by atoms with Gasteiger partial charge in [0.2, 0.25) is 0 Å². The van der Waals surface area contributed by atoms with E-state index in [-0.39, 0.29) is 6.61 Å². The lowest BCUT2D eigenvalue weighted by Crippen LogP contribution is -2.47. The van der Waals surface area contributed by atoms with Crippen LogP contribution in [0.4, 0.5) is 0 Å². The molecule has 1 fully saturated rings. The highest BCUT2D eigenvalue weighted by atomic mass is 35.5. The summed E-state index contributed by atoms with van der Waals surface area (Å²) in [6.45, 7) is 3.11. The number of aliphatic hydroxyl groups excluding tert-OH is 1. The van der Waals surface area contributed by atoms with Crippen LogP contribution >= 0.6 is 23.2 Å². The van der Waals surface area contributed by atoms with Crippen LogP contribution in [0, 0.1) is 5.92 Å². The summed E-state index contributed by atoms with van der Waals surface area (Å²) >= 11 is 11.8. The minimum atomic E-state index is 0.290. The Kier molecular flexibility index (Phi) is 3.52. The standard InChI is InChI=1S/C11H13Cl2NO/c12-10-2-1-8(3-11(10)13)4-14-5-9(6-14)7-15/h1-3,9,15H,4-7H2. The Morgan fingerprint density at radius 3 is 2.60 bits per heavy atom. The maximum atomic E-state index is 8.89. The third-order valence-corrected chi connectivity index (χ3v) is 3.42. The van der Waals surface area contributed by atoms with E-state index >= 15 is 0 Å². The van der Waals surface area contributed by atoms with Crippen LogP contribution in [0.5, 0.6) is 0 Å². The molecule has 1 aromatic rings. The first-order chi connectivity index (χ1) is 7.19. The van der Waals surface area contributed by atoms with Crippen LogP contribution in [0.1, 0.15) is 5.56 Å². The molecule has 15 heavy (non-hydrogen) atoms. The van der Waals surface area contributed by atoms with Gasteiger partial charge in [-0.25, -0.2) is 0 Å². The second-order valence-electron chi connectivity index (χ2n) is 3.99. The lowest BCUT2D eigenvalue weighted by atomic mass is 10.0. The largest absolute Gasteiger partial charge is 0.396 e. The number of halogens is 2. The van der Waals surface area contributed by atoms with E-state index in [4.69, 9.17) is 28.3 Å². The van der Waals surface area contributed by atoms with Crippen molar-refractivity contribution in [2.75, 3.05) is 19.7 Å². The van der Waals surface area contributed by atoms with E-state index in [0.29, 0.717) is 16.0 Å². The first kappa shape index (κ1) is 11.2. The van der Waals surface area contributed by atoms with E-state index < -0.39 is 0 Å². The van der Waals surface area contributed by atoms with Gasteiger partial charge in [0.1, 0.15) is 0 Å². The molecule has 1 aliphatic rings. The Hall–Kier alpha value is -0.280. The third-order valence-electron chi connectivity index (χ3n) is 2.68. The molecule has 0 bridgehead atoms. The quantitative estimate of drug-likeness (QED) is 0.885. The van der Waals surface area contributed by atoms with Crippen molar-refractivity contribution in [2.45, 2.75) is 6.54 Å². The van der Waals surface area contributed by atoms with Crippen LogP contribution in [0.25, 0.3) is 0 Å². The molecule has 0 unspecified atom stereocenters. The molecule has 0 aromatic heterocycles. The number of aliphatic hydroxyl groups is 1. The molecule has 0 saturated carbocycles. The highest BCUT2D eigenvalue weighted by Crippen LogP contribution is 2.25. The molecular formula is C11H13Cl2NO. The number of benzene rings is 1. The van der Waals surface area contributed by atoms with E-state index in [1.807, 2.05) is 18.2 Å². The van der Waals surface area contributed by atoms with Crippen molar-refractivity contribution >= 4 is 23.2 Å². The highest BCUT2D eigenvalue weighted by Gasteiger charge is 2.25. The Balaban J connectivity index is 1.92. The molecule has 0 atom stereocenters. The molecule has 2 nitrogen and oxygen atoms in total. The van der Waals surface area contributed by atoms with Crippen LogP contribution < -0.4 is 0 Å². The summed E-state index contributed by atoms with van der Waals surface area (Å²) in [6, 6.07) is 5.71. The van der Waals surface area contributed by atoms with E-state index in [9.17, 15) is 0 Å². The molecule has 0 amide bonds. The summed E-state index contributed by atoms with van der Waals surface area (Å²) in [5.74, 6) is 0.452. The minimum absolute atomic E-state index is 0.290. The third kappa shape index (κ3) is 2.64. The lowest BCUT2D eigenvalue weighted by molar-refractivity contribution is 0.0479. The first-order valence-electron chi connectivity index (χ1n) is 4.96. The topological polar surface area (TPSA) is 23.5 Å². The second-order valence-corrected chi connectivity index (χ2v) is 4.81. The van der Waals surface area contributed by atoms with Gasteiger partial charge in [0, 0.05) is 32.2 Å². The van der Waals surface area contributed by atoms with Gasteiger partial charge >= 0.3 is 0 Å². The van der Waals surface area contributed by atoms with Crippen molar-refractivity contribution in [2.24, 2.45) is 5.92 Å². The smallest absolute Gasteiger partial charge is 0.0595 e. The lowest BCUT2D eigenvalue weighted by Gasteiger charge is -2.38. The normalized spacial score (nSPS) is 17.8. The van der Waals surface area contributed by atoms with Crippen LogP contribution in [0.2, 0.25) is 10.0 Å². The SMILES string of the molecule is OCC1CN(Cc2ccc(Cl)c(Cl)c2)C1. The number of likely N-dealkylation sites (tertiary alicyclic amines) is 1. The number of rotatable bonds is 3.